The fraction of sp³-hybridized carbons (Fsp3) is 0.571. The molecule has 1 saturated carbocycles. The van der Waals surface area contributed by atoms with Crippen molar-refractivity contribution in [2.45, 2.75) is 32.2 Å². The lowest BCUT2D eigenvalue weighted by Gasteiger charge is -2.35. The minimum absolute atomic E-state index is 0.0954. The van der Waals surface area contributed by atoms with E-state index >= 15 is 0 Å². The van der Waals surface area contributed by atoms with Gasteiger partial charge < -0.3 is 4.90 Å². The van der Waals surface area contributed by atoms with E-state index in [-0.39, 0.29) is 36.1 Å². The van der Waals surface area contributed by atoms with E-state index in [9.17, 15) is 14.4 Å². The van der Waals surface area contributed by atoms with Crippen LogP contribution in [-0.2, 0) is 20.9 Å². The van der Waals surface area contributed by atoms with Crippen LogP contribution in [0.1, 0.15) is 31.2 Å². The van der Waals surface area contributed by atoms with Crippen LogP contribution in [0.25, 0.3) is 0 Å². The summed E-state index contributed by atoms with van der Waals surface area (Å²) in [5, 5.41) is 0.727. The van der Waals surface area contributed by atoms with Crippen LogP contribution >= 0.6 is 11.6 Å². The second-order valence-corrected chi connectivity index (χ2v) is 8.48. The minimum Gasteiger partial charge on any atom is -0.339 e. The number of carbonyl (C=O) groups excluding carboxylic acids is 3. The zero-order chi connectivity index (χ0) is 19.7. The Morgan fingerprint density at radius 2 is 1.50 bits per heavy atom. The Bertz CT molecular complexity index is 735. The van der Waals surface area contributed by atoms with Crippen molar-refractivity contribution in [3.8, 4) is 0 Å². The quantitative estimate of drug-likeness (QED) is 0.723. The van der Waals surface area contributed by atoms with Crippen molar-refractivity contribution in [3.63, 3.8) is 0 Å². The van der Waals surface area contributed by atoms with Crippen LogP contribution in [-0.4, -0.2) is 65.1 Å². The van der Waals surface area contributed by atoms with E-state index in [0.29, 0.717) is 13.1 Å². The molecule has 0 radical (unpaired) electrons. The van der Waals surface area contributed by atoms with E-state index in [4.69, 9.17) is 11.6 Å². The molecule has 0 aromatic heterocycles. The van der Waals surface area contributed by atoms with Gasteiger partial charge in [0.1, 0.15) is 6.54 Å². The molecule has 3 fully saturated rings. The van der Waals surface area contributed by atoms with E-state index in [1.54, 1.807) is 4.90 Å². The molecular weight excluding hydrogens is 378 g/mol. The molecule has 2 aliphatic heterocycles. The van der Waals surface area contributed by atoms with Crippen molar-refractivity contribution < 1.29 is 14.4 Å². The molecule has 2 atom stereocenters. The van der Waals surface area contributed by atoms with Crippen molar-refractivity contribution in [1.29, 1.82) is 0 Å². The Hall–Kier alpha value is -1.92. The van der Waals surface area contributed by atoms with Gasteiger partial charge in [-0.15, -0.1) is 0 Å². The number of hydrogen-bond acceptors (Lipinski definition) is 4. The summed E-state index contributed by atoms with van der Waals surface area (Å²) in [5.41, 5.74) is 1.19. The Labute approximate surface area is 170 Å². The third-order valence-electron chi connectivity index (χ3n) is 6.27. The SMILES string of the molecule is O=C(CN1C(=O)C2CCCCC2C1=O)N1CCN(Cc2ccc(Cl)cc2)CC1. The van der Waals surface area contributed by atoms with Gasteiger partial charge >= 0.3 is 0 Å². The monoisotopic (exact) mass is 403 g/mol. The standard InChI is InChI=1S/C21H26ClN3O3/c22-16-7-5-15(6-8-16)13-23-9-11-24(12-10-23)19(26)14-25-20(27)17-3-1-2-4-18(17)21(25)28/h5-8,17-18H,1-4,9-14H2. The molecule has 2 saturated heterocycles. The van der Waals surface area contributed by atoms with Crippen LogP contribution in [0.3, 0.4) is 0 Å². The minimum atomic E-state index is -0.190. The number of nitrogens with zero attached hydrogens (tertiary/aromatic N) is 3. The number of imide groups is 1. The van der Waals surface area contributed by atoms with E-state index in [1.807, 2.05) is 24.3 Å². The zero-order valence-corrected chi connectivity index (χ0v) is 16.7. The van der Waals surface area contributed by atoms with Gasteiger partial charge in [0.05, 0.1) is 11.8 Å². The van der Waals surface area contributed by atoms with Crippen LogP contribution < -0.4 is 0 Å². The summed E-state index contributed by atoms with van der Waals surface area (Å²) in [5.74, 6) is -0.768. The first-order valence-electron chi connectivity index (χ1n) is 10.1. The average Bonchev–Trinajstić information content (AvgIpc) is 2.95. The molecule has 7 heteroatoms. The third kappa shape index (κ3) is 3.94. The van der Waals surface area contributed by atoms with E-state index in [2.05, 4.69) is 4.90 Å². The summed E-state index contributed by atoms with van der Waals surface area (Å²) < 4.78 is 0. The molecule has 1 aliphatic carbocycles. The fourth-order valence-electron chi connectivity index (χ4n) is 4.63. The van der Waals surface area contributed by atoms with E-state index in [0.717, 1.165) is 50.3 Å². The molecule has 3 aliphatic rings. The highest BCUT2D eigenvalue weighted by atomic mass is 35.5. The molecule has 3 amide bonds. The first-order valence-corrected chi connectivity index (χ1v) is 10.5. The maximum Gasteiger partial charge on any atom is 0.242 e. The predicted molar refractivity (Wildman–Crippen MR) is 105 cm³/mol. The van der Waals surface area contributed by atoms with Crippen molar-refractivity contribution in [2.24, 2.45) is 11.8 Å². The van der Waals surface area contributed by atoms with Gasteiger partial charge in [-0.1, -0.05) is 36.6 Å². The summed E-state index contributed by atoms with van der Waals surface area (Å²) in [6.45, 7) is 3.53. The van der Waals surface area contributed by atoms with Crippen LogP contribution in [0.4, 0.5) is 0 Å². The molecule has 0 bridgehead atoms. The molecule has 0 spiro atoms. The maximum absolute atomic E-state index is 12.7. The van der Waals surface area contributed by atoms with Crippen molar-refractivity contribution >= 4 is 29.3 Å². The molecule has 1 aromatic carbocycles. The van der Waals surface area contributed by atoms with Crippen molar-refractivity contribution in [1.82, 2.24) is 14.7 Å². The number of rotatable bonds is 4. The number of halogens is 1. The summed E-state index contributed by atoms with van der Waals surface area (Å²) in [6, 6.07) is 7.81. The molecule has 150 valence electrons. The van der Waals surface area contributed by atoms with Gasteiger partial charge in [-0.05, 0) is 30.5 Å². The number of likely N-dealkylation sites (tertiary alicyclic amines) is 1. The lowest BCUT2D eigenvalue weighted by molar-refractivity contribution is -0.147. The Kier molecular flexibility index (Phi) is 5.69. The van der Waals surface area contributed by atoms with Crippen molar-refractivity contribution in [3.05, 3.63) is 34.9 Å². The van der Waals surface area contributed by atoms with E-state index < -0.39 is 0 Å². The number of benzene rings is 1. The Morgan fingerprint density at radius 1 is 0.929 bits per heavy atom. The number of hydrogen-bond donors (Lipinski definition) is 0. The molecule has 4 rings (SSSR count). The van der Waals surface area contributed by atoms with Gasteiger partial charge in [-0.3, -0.25) is 24.2 Å². The Balaban J connectivity index is 1.29. The molecule has 28 heavy (non-hydrogen) atoms. The maximum atomic E-state index is 12.7. The first-order chi connectivity index (χ1) is 13.5. The number of piperazine rings is 1. The lowest BCUT2D eigenvalue weighted by Crippen LogP contribution is -2.51. The predicted octanol–water partition coefficient (Wildman–Crippen LogP) is 2.16. The van der Waals surface area contributed by atoms with Gasteiger partial charge in [0.15, 0.2) is 0 Å². The first kappa shape index (κ1) is 19.4. The van der Waals surface area contributed by atoms with Crippen LogP contribution in [0.2, 0.25) is 5.02 Å². The number of amides is 3. The van der Waals surface area contributed by atoms with Gasteiger partial charge in [0, 0.05) is 37.7 Å². The van der Waals surface area contributed by atoms with Gasteiger partial charge in [-0.25, -0.2) is 0 Å². The summed E-state index contributed by atoms with van der Waals surface area (Å²) in [4.78, 5) is 43.1. The zero-order valence-electron chi connectivity index (χ0n) is 16.0. The fourth-order valence-corrected chi connectivity index (χ4v) is 4.75. The van der Waals surface area contributed by atoms with Gasteiger partial charge in [-0.2, -0.15) is 0 Å². The summed E-state index contributed by atoms with van der Waals surface area (Å²) in [6.07, 6.45) is 3.56. The topological polar surface area (TPSA) is 60.9 Å². The molecule has 6 nitrogen and oxygen atoms in total. The van der Waals surface area contributed by atoms with Crippen LogP contribution in [0.15, 0.2) is 24.3 Å². The molecule has 2 heterocycles. The summed E-state index contributed by atoms with van der Waals surface area (Å²) >= 11 is 5.93. The smallest absolute Gasteiger partial charge is 0.242 e. The molecule has 2 unspecified atom stereocenters. The lowest BCUT2D eigenvalue weighted by atomic mass is 9.81. The van der Waals surface area contributed by atoms with Gasteiger partial charge in [0.25, 0.3) is 0 Å². The summed E-state index contributed by atoms with van der Waals surface area (Å²) in [7, 11) is 0. The van der Waals surface area contributed by atoms with E-state index in [1.165, 1.54) is 10.5 Å². The second-order valence-electron chi connectivity index (χ2n) is 8.04. The molecule has 1 aromatic rings. The number of carbonyl (C=O) groups is 3. The largest absolute Gasteiger partial charge is 0.339 e. The van der Waals surface area contributed by atoms with Crippen LogP contribution in [0.5, 0.6) is 0 Å². The second kappa shape index (κ2) is 8.21. The highest BCUT2D eigenvalue weighted by molar-refractivity contribution is 6.30. The molecular formula is C21H26ClN3O3. The van der Waals surface area contributed by atoms with Crippen LogP contribution in [0, 0.1) is 11.8 Å². The normalized spacial score (nSPS) is 25.9. The average molecular weight is 404 g/mol. The highest BCUT2D eigenvalue weighted by Crippen LogP contribution is 2.37. The molecule has 0 N–H and O–H groups in total. The third-order valence-corrected chi connectivity index (χ3v) is 6.52. The number of fused-ring (bicyclic) bond motifs is 1. The van der Waals surface area contributed by atoms with Gasteiger partial charge in [0.2, 0.25) is 17.7 Å². The van der Waals surface area contributed by atoms with Crippen molar-refractivity contribution in [2.75, 3.05) is 32.7 Å². The Morgan fingerprint density at radius 3 is 2.07 bits per heavy atom. The highest BCUT2D eigenvalue weighted by Gasteiger charge is 2.48.